The van der Waals surface area contributed by atoms with Crippen LogP contribution in [0.15, 0.2) is 0 Å². The summed E-state index contributed by atoms with van der Waals surface area (Å²) < 4.78 is 5.30. The molecule has 0 unspecified atom stereocenters. The Morgan fingerprint density at radius 1 is 1.38 bits per heavy atom. The van der Waals surface area contributed by atoms with E-state index in [9.17, 15) is 4.79 Å². The highest BCUT2D eigenvalue weighted by Crippen LogP contribution is 2.21. The standard InChI is InChI=1S/C11H21NO2.C2H6/c1-5-9-6-7-12(8-9)10(13)14-11(2,3)4;1-2/h9H,5-8H2,1-4H3;1-2H3/t9-;/m1./s1. The molecule has 1 aliphatic heterocycles. The van der Waals surface area contributed by atoms with Crippen LogP contribution in [0.3, 0.4) is 0 Å². The zero-order chi connectivity index (χ0) is 12.8. The van der Waals surface area contributed by atoms with Crippen molar-refractivity contribution in [1.29, 1.82) is 0 Å². The zero-order valence-electron chi connectivity index (χ0n) is 11.7. The quantitative estimate of drug-likeness (QED) is 0.686. The Balaban J connectivity index is 0.00000106. The highest BCUT2D eigenvalue weighted by molar-refractivity contribution is 5.68. The third-order valence-electron chi connectivity index (χ3n) is 2.51. The fourth-order valence-electron chi connectivity index (χ4n) is 1.66. The van der Waals surface area contributed by atoms with Gasteiger partial charge in [0.05, 0.1) is 0 Å². The topological polar surface area (TPSA) is 29.5 Å². The Morgan fingerprint density at radius 3 is 2.31 bits per heavy atom. The average Bonchev–Trinajstić information content (AvgIpc) is 2.66. The summed E-state index contributed by atoms with van der Waals surface area (Å²) in [6, 6.07) is 0. The van der Waals surface area contributed by atoms with Crippen molar-refractivity contribution in [2.24, 2.45) is 5.92 Å². The molecule has 0 spiro atoms. The first-order valence-electron chi connectivity index (χ1n) is 6.40. The van der Waals surface area contributed by atoms with E-state index in [4.69, 9.17) is 4.74 Å². The highest BCUT2D eigenvalue weighted by atomic mass is 16.6. The number of hydrogen-bond acceptors (Lipinski definition) is 2. The van der Waals surface area contributed by atoms with Crippen LogP contribution >= 0.6 is 0 Å². The van der Waals surface area contributed by atoms with Gasteiger partial charge in [-0.15, -0.1) is 0 Å². The van der Waals surface area contributed by atoms with Crippen molar-refractivity contribution in [3.8, 4) is 0 Å². The van der Waals surface area contributed by atoms with Crippen LogP contribution in [0, 0.1) is 5.92 Å². The summed E-state index contributed by atoms with van der Waals surface area (Å²) in [6.07, 6.45) is 2.11. The smallest absolute Gasteiger partial charge is 0.410 e. The monoisotopic (exact) mass is 229 g/mol. The molecule has 1 aliphatic rings. The number of carbonyl (C=O) groups excluding carboxylic acids is 1. The van der Waals surface area contributed by atoms with Gasteiger partial charge in [-0.2, -0.15) is 0 Å². The van der Waals surface area contributed by atoms with Crippen molar-refractivity contribution in [3.63, 3.8) is 0 Å². The summed E-state index contributed by atoms with van der Waals surface area (Å²) in [5, 5.41) is 0. The van der Waals surface area contributed by atoms with Crippen LogP contribution in [0.1, 0.15) is 54.4 Å². The SMILES string of the molecule is CC.CC[C@@H]1CCN(C(=O)OC(C)(C)C)C1. The van der Waals surface area contributed by atoms with Crippen LogP contribution in [0.5, 0.6) is 0 Å². The third-order valence-corrected chi connectivity index (χ3v) is 2.51. The van der Waals surface area contributed by atoms with Crippen LogP contribution in [-0.2, 0) is 4.74 Å². The lowest BCUT2D eigenvalue weighted by atomic mass is 10.1. The predicted octanol–water partition coefficient (Wildman–Crippen LogP) is 3.68. The molecular formula is C13H27NO2. The summed E-state index contributed by atoms with van der Waals surface area (Å²) in [5.74, 6) is 0.669. The number of rotatable bonds is 1. The molecule has 0 N–H and O–H groups in total. The Hall–Kier alpha value is -0.730. The maximum Gasteiger partial charge on any atom is 0.410 e. The summed E-state index contributed by atoms with van der Waals surface area (Å²) in [7, 11) is 0. The molecule has 1 amide bonds. The first kappa shape index (κ1) is 15.3. The van der Waals surface area contributed by atoms with Crippen molar-refractivity contribution in [3.05, 3.63) is 0 Å². The van der Waals surface area contributed by atoms with Gasteiger partial charge in [0.25, 0.3) is 0 Å². The van der Waals surface area contributed by atoms with Gasteiger partial charge in [-0.3, -0.25) is 0 Å². The molecule has 0 bridgehead atoms. The molecule has 96 valence electrons. The van der Waals surface area contributed by atoms with Crippen LogP contribution in [0.4, 0.5) is 4.79 Å². The van der Waals surface area contributed by atoms with Crippen LogP contribution in [0.25, 0.3) is 0 Å². The van der Waals surface area contributed by atoms with Gasteiger partial charge in [0.1, 0.15) is 5.60 Å². The maximum atomic E-state index is 11.6. The number of ether oxygens (including phenoxy) is 1. The Bertz CT molecular complexity index is 208. The molecule has 0 aliphatic carbocycles. The normalized spacial score (nSPS) is 20.1. The third kappa shape index (κ3) is 5.38. The fourth-order valence-corrected chi connectivity index (χ4v) is 1.66. The zero-order valence-corrected chi connectivity index (χ0v) is 11.7. The van der Waals surface area contributed by atoms with E-state index in [1.807, 2.05) is 39.5 Å². The van der Waals surface area contributed by atoms with Gasteiger partial charge in [-0.05, 0) is 33.1 Å². The van der Waals surface area contributed by atoms with Crippen molar-refractivity contribution in [1.82, 2.24) is 4.90 Å². The molecule has 1 saturated heterocycles. The van der Waals surface area contributed by atoms with E-state index in [1.54, 1.807) is 0 Å². The largest absolute Gasteiger partial charge is 0.444 e. The van der Waals surface area contributed by atoms with Crippen molar-refractivity contribution < 1.29 is 9.53 Å². The molecule has 0 aromatic carbocycles. The van der Waals surface area contributed by atoms with Gasteiger partial charge in [-0.1, -0.05) is 27.2 Å². The average molecular weight is 229 g/mol. The van der Waals surface area contributed by atoms with Gasteiger partial charge in [0, 0.05) is 13.1 Å². The lowest BCUT2D eigenvalue weighted by Crippen LogP contribution is -2.35. The number of likely N-dealkylation sites (tertiary alicyclic amines) is 1. The van der Waals surface area contributed by atoms with Gasteiger partial charge < -0.3 is 9.64 Å². The minimum absolute atomic E-state index is 0.159. The maximum absolute atomic E-state index is 11.6. The van der Waals surface area contributed by atoms with E-state index in [1.165, 1.54) is 0 Å². The molecule has 1 rings (SSSR count). The van der Waals surface area contributed by atoms with Crippen LogP contribution in [-0.4, -0.2) is 29.7 Å². The van der Waals surface area contributed by atoms with E-state index in [2.05, 4.69) is 6.92 Å². The lowest BCUT2D eigenvalue weighted by Gasteiger charge is -2.24. The molecule has 0 saturated carbocycles. The second kappa shape index (κ2) is 6.77. The van der Waals surface area contributed by atoms with Crippen LogP contribution < -0.4 is 0 Å². The predicted molar refractivity (Wildman–Crippen MR) is 67.6 cm³/mol. The summed E-state index contributed by atoms with van der Waals surface area (Å²) in [5.41, 5.74) is -0.374. The molecule has 16 heavy (non-hydrogen) atoms. The Morgan fingerprint density at radius 2 is 1.94 bits per heavy atom. The first-order chi connectivity index (χ1) is 7.42. The first-order valence-corrected chi connectivity index (χ1v) is 6.40. The van der Waals surface area contributed by atoms with Crippen molar-refractivity contribution >= 4 is 6.09 Å². The van der Waals surface area contributed by atoms with Gasteiger partial charge in [0.2, 0.25) is 0 Å². The second-order valence-corrected chi connectivity index (χ2v) is 4.99. The summed E-state index contributed by atoms with van der Waals surface area (Å²) >= 11 is 0. The number of hydrogen-bond donors (Lipinski definition) is 0. The van der Waals surface area contributed by atoms with Crippen molar-refractivity contribution in [2.45, 2.75) is 60.0 Å². The summed E-state index contributed by atoms with van der Waals surface area (Å²) in [6.45, 7) is 13.6. The van der Waals surface area contributed by atoms with Gasteiger partial charge >= 0.3 is 6.09 Å². The Labute approximate surface area is 100 Å². The molecular weight excluding hydrogens is 202 g/mol. The van der Waals surface area contributed by atoms with E-state index >= 15 is 0 Å². The molecule has 3 nitrogen and oxygen atoms in total. The number of nitrogens with zero attached hydrogens (tertiary/aromatic N) is 1. The lowest BCUT2D eigenvalue weighted by molar-refractivity contribution is 0.0288. The molecule has 1 heterocycles. The summed E-state index contributed by atoms with van der Waals surface area (Å²) in [4.78, 5) is 13.4. The molecule has 0 aromatic heterocycles. The number of carbonyl (C=O) groups is 1. The van der Waals surface area contributed by atoms with E-state index in [-0.39, 0.29) is 11.7 Å². The Kier molecular flexibility index (Phi) is 6.46. The minimum Gasteiger partial charge on any atom is -0.444 e. The molecule has 0 radical (unpaired) electrons. The van der Waals surface area contributed by atoms with Gasteiger partial charge in [-0.25, -0.2) is 4.79 Å². The number of amides is 1. The highest BCUT2D eigenvalue weighted by Gasteiger charge is 2.28. The van der Waals surface area contributed by atoms with Crippen molar-refractivity contribution in [2.75, 3.05) is 13.1 Å². The van der Waals surface area contributed by atoms with E-state index < -0.39 is 0 Å². The van der Waals surface area contributed by atoms with E-state index in [0.29, 0.717) is 5.92 Å². The minimum atomic E-state index is -0.374. The molecule has 1 atom stereocenters. The van der Waals surface area contributed by atoms with E-state index in [0.717, 1.165) is 25.9 Å². The molecule has 1 fully saturated rings. The second-order valence-electron chi connectivity index (χ2n) is 4.99. The van der Waals surface area contributed by atoms with Crippen LogP contribution in [0.2, 0.25) is 0 Å². The molecule has 3 heteroatoms. The van der Waals surface area contributed by atoms with Gasteiger partial charge in [0.15, 0.2) is 0 Å². The fraction of sp³-hybridized carbons (Fsp3) is 0.923. The molecule has 0 aromatic rings.